The van der Waals surface area contributed by atoms with E-state index in [2.05, 4.69) is 0 Å². The van der Waals surface area contributed by atoms with Crippen LogP contribution in [-0.2, 0) is 14.3 Å². The lowest BCUT2D eigenvalue weighted by molar-refractivity contribution is -0.122. The van der Waals surface area contributed by atoms with Crippen LogP contribution in [0.1, 0.15) is 59.9 Å². The number of nitrogens with zero attached hydrogens (tertiary/aromatic N) is 2. The summed E-state index contributed by atoms with van der Waals surface area (Å²) in [7, 11) is 0. The maximum absolute atomic E-state index is 13.2. The summed E-state index contributed by atoms with van der Waals surface area (Å²) in [6.45, 7) is 10.2. The molecule has 2 heterocycles. The number of fused-ring (bicyclic) bond motifs is 1. The Balaban J connectivity index is 2.10. The maximum atomic E-state index is 13.2. The van der Waals surface area contributed by atoms with E-state index in [1.54, 1.807) is 64.7 Å². The summed E-state index contributed by atoms with van der Waals surface area (Å²) in [4.78, 5) is 41.2. The van der Waals surface area contributed by atoms with E-state index >= 15 is 0 Å². The first-order valence-electron chi connectivity index (χ1n) is 11.6. The van der Waals surface area contributed by atoms with E-state index in [-0.39, 0.29) is 17.4 Å². The number of rotatable bonds is 4. The summed E-state index contributed by atoms with van der Waals surface area (Å²) < 4.78 is 11.0. The highest BCUT2D eigenvalue weighted by Crippen LogP contribution is 2.40. The number of anilines is 1. The normalized spacial score (nSPS) is 19.8. The lowest BCUT2D eigenvalue weighted by atomic mass is 9.98. The van der Waals surface area contributed by atoms with Gasteiger partial charge >= 0.3 is 12.2 Å². The van der Waals surface area contributed by atoms with Crippen LogP contribution in [0.15, 0.2) is 36.0 Å². The van der Waals surface area contributed by atoms with Gasteiger partial charge in [-0.2, -0.15) is 4.90 Å². The van der Waals surface area contributed by atoms with E-state index in [4.69, 9.17) is 32.7 Å². The number of alkyl halides is 1. The third-order valence-electron chi connectivity index (χ3n) is 5.44. The average molecular weight is 539 g/mol. The monoisotopic (exact) mass is 538 g/mol. The molecule has 196 valence electrons. The number of allylic oxidation sites excluding steroid dienone is 3. The molecule has 1 fully saturated rings. The molecular weight excluding hydrogens is 507 g/mol. The Kier molecular flexibility index (Phi) is 8.13. The quantitative estimate of drug-likeness (QED) is 0.477. The molecule has 1 aromatic rings. The number of carbonyl (C=O) groups is 3. The van der Waals surface area contributed by atoms with Crippen molar-refractivity contribution in [3.05, 3.63) is 46.6 Å². The van der Waals surface area contributed by atoms with Crippen LogP contribution < -0.4 is 4.90 Å². The van der Waals surface area contributed by atoms with Crippen LogP contribution >= 0.6 is 23.2 Å². The van der Waals surface area contributed by atoms with Gasteiger partial charge in [0.05, 0.1) is 17.6 Å². The van der Waals surface area contributed by atoms with Gasteiger partial charge in [0.1, 0.15) is 17.4 Å². The smallest absolute Gasteiger partial charge is 0.424 e. The molecule has 0 saturated carbocycles. The van der Waals surface area contributed by atoms with E-state index in [0.717, 1.165) is 10.6 Å². The Morgan fingerprint density at radius 2 is 1.67 bits per heavy atom. The van der Waals surface area contributed by atoms with Gasteiger partial charge in [0.15, 0.2) is 5.78 Å². The Bertz CT molecular complexity index is 1090. The van der Waals surface area contributed by atoms with Crippen molar-refractivity contribution in [3.8, 4) is 0 Å². The fourth-order valence-electron chi connectivity index (χ4n) is 4.12. The number of amides is 2. The van der Waals surface area contributed by atoms with E-state index in [1.807, 2.05) is 6.08 Å². The van der Waals surface area contributed by atoms with Crippen molar-refractivity contribution in [1.82, 2.24) is 4.90 Å². The van der Waals surface area contributed by atoms with Crippen molar-refractivity contribution >= 4 is 52.4 Å². The molecule has 1 aromatic carbocycles. The molecule has 0 radical (unpaired) electrons. The molecular formula is C26H32Cl2N2O6. The molecule has 8 nitrogen and oxygen atoms in total. The summed E-state index contributed by atoms with van der Waals surface area (Å²) in [6, 6.07) is 4.16. The third-order valence-corrected chi connectivity index (χ3v) is 5.94. The van der Waals surface area contributed by atoms with Gasteiger partial charge in [-0.05, 0) is 90.3 Å². The number of aliphatic hydroxyl groups excluding tert-OH is 1. The summed E-state index contributed by atoms with van der Waals surface area (Å²) in [6.07, 6.45) is 1.50. The van der Waals surface area contributed by atoms with Gasteiger partial charge in [-0.15, -0.1) is 11.6 Å². The number of ketones is 1. The summed E-state index contributed by atoms with van der Waals surface area (Å²) in [5.74, 6) is -0.308. The number of ether oxygens (including phenoxy) is 2. The highest BCUT2D eigenvalue weighted by atomic mass is 35.5. The van der Waals surface area contributed by atoms with E-state index < -0.39 is 35.7 Å². The van der Waals surface area contributed by atoms with Gasteiger partial charge in [0.25, 0.3) is 0 Å². The molecule has 1 N–H and O–H groups in total. The van der Waals surface area contributed by atoms with Crippen molar-refractivity contribution in [2.75, 3.05) is 10.8 Å². The average Bonchev–Trinajstić information content (AvgIpc) is 3.16. The van der Waals surface area contributed by atoms with Gasteiger partial charge in [-0.1, -0.05) is 11.6 Å². The van der Waals surface area contributed by atoms with Crippen LogP contribution in [-0.4, -0.2) is 57.3 Å². The SMILES string of the molecule is CC(C)(C)OC(=O)N(C(=O)OC(C)(C)C)c1ccc(Cl)cc1C1=CC(O)N2C(=C1)CCC2C(=O)CCl. The van der Waals surface area contributed by atoms with Gasteiger partial charge in [0.2, 0.25) is 0 Å². The van der Waals surface area contributed by atoms with Crippen LogP contribution in [0.25, 0.3) is 5.57 Å². The number of imide groups is 1. The molecule has 2 unspecified atom stereocenters. The fourth-order valence-corrected chi connectivity index (χ4v) is 4.47. The highest BCUT2D eigenvalue weighted by Gasteiger charge is 2.39. The fraction of sp³-hybridized carbons (Fsp3) is 0.500. The first-order valence-corrected chi connectivity index (χ1v) is 12.6. The predicted octanol–water partition coefficient (Wildman–Crippen LogP) is 5.89. The van der Waals surface area contributed by atoms with E-state index in [9.17, 15) is 19.5 Å². The molecule has 0 bridgehead atoms. The van der Waals surface area contributed by atoms with Crippen molar-refractivity contribution in [2.24, 2.45) is 0 Å². The standard InChI is InChI=1S/C26H32Cl2N2O6/c1-25(2,3)35-23(33)30(24(34)36-26(4,5)6)19-9-7-16(28)13-18(19)15-11-17-8-10-20(21(31)14-27)29(17)22(32)12-15/h7,9,11-13,20,22,32H,8,10,14H2,1-6H3. The summed E-state index contributed by atoms with van der Waals surface area (Å²) in [5, 5.41) is 11.3. The molecule has 2 aliphatic heterocycles. The Morgan fingerprint density at radius 1 is 1.08 bits per heavy atom. The van der Waals surface area contributed by atoms with Crippen LogP contribution in [0.5, 0.6) is 0 Å². The zero-order valence-corrected chi connectivity index (χ0v) is 22.8. The molecule has 0 aromatic heterocycles. The first-order chi connectivity index (χ1) is 16.6. The molecule has 2 aliphatic rings. The van der Waals surface area contributed by atoms with Crippen molar-refractivity contribution in [3.63, 3.8) is 0 Å². The van der Waals surface area contributed by atoms with Crippen LogP contribution in [0.2, 0.25) is 5.02 Å². The van der Waals surface area contributed by atoms with E-state index in [0.29, 0.717) is 29.0 Å². The Hall–Kier alpha value is -2.55. The third kappa shape index (κ3) is 6.41. The van der Waals surface area contributed by atoms with Crippen LogP contribution in [0.3, 0.4) is 0 Å². The minimum atomic E-state index is -1.11. The predicted molar refractivity (Wildman–Crippen MR) is 139 cm³/mol. The number of hydrogen-bond donors (Lipinski definition) is 1. The van der Waals surface area contributed by atoms with Crippen molar-refractivity contribution in [2.45, 2.75) is 77.9 Å². The molecule has 0 spiro atoms. The second kappa shape index (κ2) is 10.4. The molecule has 3 rings (SSSR count). The Morgan fingerprint density at radius 3 is 2.19 bits per heavy atom. The number of Topliss-reactive ketones (excluding diaryl/α,β-unsaturated/α-hetero) is 1. The highest BCUT2D eigenvalue weighted by molar-refractivity contribution is 6.31. The molecule has 1 saturated heterocycles. The minimum absolute atomic E-state index is 0.142. The first kappa shape index (κ1) is 28.0. The van der Waals surface area contributed by atoms with Crippen molar-refractivity contribution < 1.29 is 29.0 Å². The number of benzene rings is 1. The zero-order chi connectivity index (χ0) is 27.0. The van der Waals surface area contributed by atoms with Gasteiger partial charge < -0.3 is 19.5 Å². The van der Waals surface area contributed by atoms with E-state index in [1.165, 1.54) is 6.07 Å². The largest absolute Gasteiger partial charge is 0.443 e. The lowest BCUT2D eigenvalue weighted by Crippen LogP contribution is -2.44. The second-order valence-electron chi connectivity index (χ2n) is 10.7. The second-order valence-corrected chi connectivity index (χ2v) is 11.4. The molecule has 10 heteroatoms. The maximum Gasteiger partial charge on any atom is 0.424 e. The Labute approximate surface area is 221 Å². The van der Waals surface area contributed by atoms with Crippen molar-refractivity contribution in [1.29, 1.82) is 0 Å². The molecule has 0 aliphatic carbocycles. The van der Waals surface area contributed by atoms with Gasteiger partial charge in [0, 0.05) is 16.3 Å². The van der Waals surface area contributed by atoms with Crippen LogP contribution in [0.4, 0.5) is 15.3 Å². The van der Waals surface area contributed by atoms with Gasteiger partial charge in [-0.25, -0.2) is 9.59 Å². The molecule has 36 heavy (non-hydrogen) atoms. The molecule has 2 amide bonds. The zero-order valence-electron chi connectivity index (χ0n) is 21.3. The number of carbonyl (C=O) groups excluding carboxylic acids is 3. The molecule has 2 atom stereocenters. The number of hydrogen-bond acceptors (Lipinski definition) is 7. The summed E-state index contributed by atoms with van der Waals surface area (Å²) >= 11 is 12.1. The topological polar surface area (TPSA) is 96.4 Å². The lowest BCUT2D eigenvalue weighted by Gasteiger charge is -2.34. The van der Waals surface area contributed by atoms with Gasteiger partial charge in [-0.3, -0.25) is 4.79 Å². The van der Waals surface area contributed by atoms with Crippen LogP contribution in [0, 0.1) is 0 Å². The summed E-state index contributed by atoms with van der Waals surface area (Å²) in [5.41, 5.74) is 0.120. The minimum Gasteiger partial charge on any atom is -0.443 e. The number of aliphatic hydroxyl groups is 1. The number of halogens is 2.